The van der Waals surface area contributed by atoms with Crippen LogP contribution in [0.15, 0.2) is 0 Å². The molecule has 0 saturated carbocycles. The number of piperazine rings is 1. The molecule has 2 rings (SSSR count). The number of rotatable bonds is 5. The number of nitrogens with one attached hydrogen (secondary N) is 1. The lowest BCUT2D eigenvalue weighted by molar-refractivity contribution is -0.133. The lowest BCUT2D eigenvalue weighted by Crippen LogP contribution is -2.52. The summed E-state index contributed by atoms with van der Waals surface area (Å²) < 4.78 is 24.6. The molecule has 28 heavy (non-hydrogen) atoms. The highest BCUT2D eigenvalue weighted by atomic mass is 32.2. The van der Waals surface area contributed by atoms with Gasteiger partial charge in [-0.25, -0.2) is 8.42 Å². The molecule has 0 spiro atoms. The van der Waals surface area contributed by atoms with E-state index in [9.17, 15) is 18.0 Å². The molecule has 2 fully saturated rings. The van der Waals surface area contributed by atoms with E-state index in [0.29, 0.717) is 39.3 Å². The normalized spacial score (nSPS) is 21.4. The fraction of sp³-hybridized carbons (Fsp3) is 0.889. The Morgan fingerprint density at radius 2 is 1.39 bits per heavy atom. The molecule has 10 heteroatoms. The lowest BCUT2D eigenvalue weighted by Gasteiger charge is -2.34. The van der Waals surface area contributed by atoms with Gasteiger partial charge in [-0.1, -0.05) is 0 Å². The number of sulfonamides is 1. The van der Waals surface area contributed by atoms with E-state index in [1.807, 2.05) is 20.8 Å². The lowest BCUT2D eigenvalue weighted by atomic mass is 10.1. The predicted octanol–water partition coefficient (Wildman–Crippen LogP) is -0.987. The average Bonchev–Trinajstić information content (AvgIpc) is 2.77. The molecular weight excluding hydrogens is 382 g/mol. The van der Waals surface area contributed by atoms with Crippen molar-refractivity contribution in [3.05, 3.63) is 0 Å². The Kier molecular flexibility index (Phi) is 7.83. The summed E-state index contributed by atoms with van der Waals surface area (Å²) in [5, 5.41) is 2.99. The van der Waals surface area contributed by atoms with E-state index in [0.717, 1.165) is 32.6 Å². The first-order valence-electron chi connectivity index (χ1n) is 9.93. The van der Waals surface area contributed by atoms with Crippen molar-refractivity contribution in [2.24, 2.45) is 0 Å². The Morgan fingerprint density at radius 3 is 1.89 bits per heavy atom. The van der Waals surface area contributed by atoms with Crippen molar-refractivity contribution in [2.45, 2.75) is 32.7 Å². The summed E-state index contributed by atoms with van der Waals surface area (Å²) in [6.45, 7) is 11.4. The van der Waals surface area contributed by atoms with Crippen LogP contribution in [0.5, 0.6) is 0 Å². The van der Waals surface area contributed by atoms with Crippen molar-refractivity contribution in [1.82, 2.24) is 24.3 Å². The summed E-state index contributed by atoms with van der Waals surface area (Å²) in [4.78, 5) is 30.7. The van der Waals surface area contributed by atoms with Gasteiger partial charge in [-0.05, 0) is 40.3 Å². The molecule has 2 amide bonds. The van der Waals surface area contributed by atoms with Crippen molar-refractivity contribution in [3.8, 4) is 0 Å². The molecule has 0 aromatic carbocycles. The van der Waals surface area contributed by atoms with Crippen LogP contribution in [0.25, 0.3) is 0 Å². The van der Waals surface area contributed by atoms with Crippen molar-refractivity contribution < 1.29 is 18.0 Å². The van der Waals surface area contributed by atoms with Crippen LogP contribution >= 0.6 is 0 Å². The van der Waals surface area contributed by atoms with Gasteiger partial charge in [-0.15, -0.1) is 0 Å². The summed E-state index contributed by atoms with van der Waals surface area (Å²) in [7, 11) is -3.19. The summed E-state index contributed by atoms with van der Waals surface area (Å²) in [5.74, 6) is 0.0767. The van der Waals surface area contributed by atoms with Crippen LogP contribution in [0.3, 0.4) is 0 Å². The van der Waals surface area contributed by atoms with Gasteiger partial charge in [0.1, 0.15) is 0 Å². The maximum atomic E-state index is 12.6. The molecule has 162 valence electrons. The fourth-order valence-electron chi connectivity index (χ4n) is 3.56. The first-order valence-corrected chi connectivity index (χ1v) is 11.8. The molecule has 9 nitrogen and oxygen atoms in total. The average molecular weight is 418 g/mol. The topological polar surface area (TPSA) is 93.3 Å². The number of carbonyl (C=O) groups excluding carboxylic acids is 2. The maximum Gasteiger partial charge on any atom is 0.236 e. The van der Waals surface area contributed by atoms with Gasteiger partial charge in [0.25, 0.3) is 0 Å². The van der Waals surface area contributed by atoms with Crippen LogP contribution in [-0.2, 0) is 19.6 Å². The minimum atomic E-state index is -3.19. The Morgan fingerprint density at radius 1 is 0.857 bits per heavy atom. The first kappa shape index (κ1) is 23.1. The molecular formula is C18H35N5O4S. The van der Waals surface area contributed by atoms with E-state index in [2.05, 4.69) is 15.1 Å². The predicted molar refractivity (Wildman–Crippen MR) is 108 cm³/mol. The third-order valence-electron chi connectivity index (χ3n) is 4.98. The van der Waals surface area contributed by atoms with Crippen molar-refractivity contribution in [3.63, 3.8) is 0 Å². The zero-order valence-corrected chi connectivity index (χ0v) is 18.4. The highest BCUT2D eigenvalue weighted by Crippen LogP contribution is 2.09. The second kappa shape index (κ2) is 9.51. The molecule has 2 saturated heterocycles. The Balaban J connectivity index is 1.75. The number of carbonyl (C=O) groups is 2. The van der Waals surface area contributed by atoms with Gasteiger partial charge >= 0.3 is 0 Å². The van der Waals surface area contributed by atoms with Crippen LogP contribution in [-0.4, -0.2) is 116 Å². The summed E-state index contributed by atoms with van der Waals surface area (Å²) in [6, 6.07) is 0. The van der Waals surface area contributed by atoms with Crippen molar-refractivity contribution >= 4 is 21.8 Å². The minimum absolute atomic E-state index is 0.0285. The number of amides is 2. The largest absolute Gasteiger partial charge is 0.350 e. The molecule has 0 aromatic rings. The highest BCUT2D eigenvalue weighted by Gasteiger charge is 2.27. The first-order chi connectivity index (χ1) is 12.9. The molecule has 0 aromatic heterocycles. The van der Waals surface area contributed by atoms with Crippen LogP contribution in [0.4, 0.5) is 0 Å². The van der Waals surface area contributed by atoms with Crippen LogP contribution in [0.1, 0.15) is 27.2 Å². The fourth-order valence-corrected chi connectivity index (χ4v) is 4.39. The molecule has 0 aliphatic carbocycles. The Labute approximate surface area is 169 Å². The molecule has 0 radical (unpaired) electrons. The molecule has 0 atom stereocenters. The smallest absolute Gasteiger partial charge is 0.236 e. The Hall–Kier alpha value is -1.23. The maximum absolute atomic E-state index is 12.6. The van der Waals surface area contributed by atoms with Gasteiger partial charge in [0.15, 0.2) is 0 Å². The summed E-state index contributed by atoms with van der Waals surface area (Å²) in [6.07, 6.45) is 2.12. The third kappa shape index (κ3) is 7.65. The van der Waals surface area contributed by atoms with Gasteiger partial charge in [0, 0.05) is 44.8 Å². The second-order valence-electron chi connectivity index (χ2n) is 8.75. The molecule has 1 N–H and O–H groups in total. The molecule has 2 heterocycles. The highest BCUT2D eigenvalue weighted by molar-refractivity contribution is 7.88. The number of nitrogens with zero attached hydrogens (tertiary/aromatic N) is 4. The minimum Gasteiger partial charge on any atom is -0.350 e. The van der Waals surface area contributed by atoms with Crippen LogP contribution in [0, 0.1) is 0 Å². The standard InChI is InChI=1S/C18H35N5O4S/c1-18(2,3)19-16(24)14-20-6-5-7-21(9-8-20)15-17(25)22-10-12-23(13-11-22)28(4,26)27/h5-15H2,1-4H3,(H,19,24). The third-order valence-corrected chi connectivity index (χ3v) is 6.29. The van der Waals surface area contributed by atoms with Crippen molar-refractivity contribution in [1.29, 1.82) is 0 Å². The van der Waals surface area contributed by atoms with E-state index in [4.69, 9.17) is 0 Å². The number of hydrogen-bond acceptors (Lipinski definition) is 6. The molecule has 2 aliphatic rings. The zero-order valence-electron chi connectivity index (χ0n) is 17.6. The van der Waals surface area contributed by atoms with E-state index >= 15 is 0 Å². The number of hydrogen-bond donors (Lipinski definition) is 1. The van der Waals surface area contributed by atoms with Crippen LogP contribution in [0.2, 0.25) is 0 Å². The molecule has 0 bridgehead atoms. The van der Waals surface area contributed by atoms with Gasteiger partial charge in [0.2, 0.25) is 21.8 Å². The van der Waals surface area contributed by atoms with Crippen molar-refractivity contribution in [2.75, 3.05) is 71.7 Å². The quantitative estimate of drug-likeness (QED) is 0.618. The van der Waals surface area contributed by atoms with Gasteiger partial charge in [-0.3, -0.25) is 19.4 Å². The van der Waals surface area contributed by atoms with E-state index in [1.165, 1.54) is 10.6 Å². The van der Waals surface area contributed by atoms with Gasteiger partial charge < -0.3 is 10.2 Å². The van der Waals surface area contributed by atoms with Crippen LogP contribution < -0.4 is 5.32 Å². The monoisotopic (exact) mass is 417 g/mol. The van der Waals surface area contributed by atoms with Gasteiger partial charge in [0.05, 0.1) is 19.3 Å². The second-order valence-corrected chi connectivity index (χ2v) is 10.7. The van der Waals surface area contributed by atoms with E-state index in [-0.39, 0.29) is 17.4 Å². The van der Waals surface area contributed by atoms with E-state index in [1.54, 1.807) is 4.90 Å². The summed E-state index contributed by atoms with van der Waals surface area (Å²) in [5.41, 5.74) is -0.234. The van der Waals surface area contributed by atoms with E-state index < -0.39 is 10.0 Å². The zero-order chi connectivity index (χ0) is 20.9. The SMILES string of the molecule is CC(C)(C)NC(=O)CN1CCCN(CC(=O)N2CCN(S(C)(=O)=O)CC2)CC1. The molecule has 2 aliphatic heterocycles. The van der Waals surface area contributed by atoms with Gasteiger partial charge in [-0.2, -0.15) is 4.31 Å². The molecule has 0 unspecified atom stereocenters. The summed E-state index contributed by atoms with van der Waals surface area (Å²) >= 11 is 0. The Bertz CT molecular complexity index is 653.